The first kappa shape index (κ1) is 123. The molecular weight excluding hydrogens is 608 g/mol. The van der Waals surface area contributed by atoms with Gasteiger partial charge in [-0.2, -0.15) is 0 Å². The molecule has 0 N–H and O–H groups in total. The van der Waals surface area contributed by atoms with Gasteiger partial charge in [0, 0.05) is 0 Å². The van der Waals surface area contributed by atoms with Crippen LogP contribution in [0.3, 0.4) is 0 Å². The molecule has 0 aliphatic heterocycles. The third-order valence-electron chi connectivity index (χ3n) is 0. The van der Waals surface area contributed by atoms with Crippen molar-refractivity contribution in [2.45, 2.75) is 0 Å². The van der Waals surface area contributed by atoms with E-state index in [2.05, 4.69) is 0 Å². The van der Waals surface area contributed by atoms with Crippen molar-refractivity contribution >= 4 is 0 Å². The summed E-state index contributed by atoms with van der Waals surface area (Å²) in [5, 5.41) is 0. The van der Waals surface area contributed by atoms with E-state index in [9.17, 15) is 0 Å². The summed E-state index contributed by atoms with van der Waals surface area (Å²) in [7, 11) is 0. The summed E-state index contributed by atoms with van der Waals surface area (Å²) < 4.78 is 0. The van der Waals surface area contributed by atoms with Gasteiger partial charge in [0.1, 0.15) is 0 Å². The molecule has 50 valence electrons. The predicted octanol–water partition coefficient (Wildman–Crippen LogP) is -0.715. The second-order valence-corrected chi connectivity index (χ2v) is 0. The van der Waals surface area contributed by atoms with Crippen LogP contribution in [0.1, 0.15) is 0 Å². The smallest absolute Gasteiger partial charge is 2.00 e. The van der Waals surface area contributed by atoms with Crippen LogP contribution in [0.15, 0.2) is 0 Å². The first-order valence-corrected chi connectivity index (χ1v) is 0. The molecule has 0 aromatic heterocycles. The average molecular weight is 608 g/mol. The summed E-state index contributed by atoms with van der Waals surface area (Å²) >= 11 is 0. The zero-order valence-electron chi connectivity index (χ0n) is 4.60. The van der Waals surface area contributed by atoms with Crippen LogP contribution in [-0.2, 0) is 65.6 Å². The molecule has 0 fully saturated rings. The van der Waals surface area contributed by atoms with E-state index in [0.29, 0.717) is 0 Å². The summed E-state index contributed by atoms with van der Waals surface area (Å²) in [4.78, 5) is 0. The van der Waals surface area contributed by atoms with Crippen molar-refractivity contribution in [2.24, 2.45) is 0 Å². The number of rotatable bonds is 0. The van der Waals surface area contributed by atoms with Gasteiger partial charge in [0.05, 0.1) is 0 Å². The Morgan fingerprint density at radius 3 is 0.500 bits per heavy atom. The van der Waals surface area contributed by atoms with E-state index in [4.69, 9.17) is 0 Å². The normalized spacial score (nSPS) is 0. The topological polar surface area (TPSA) is 171 Å². The first-order chi connectivity index (χ1) is 0. The van der Waals surface area contributed by atoms with Crippen LogP contribution in [0.25, 0.3) is 0 Å². The van der Waals surface area contributed by atoms with Crippen LogP contribution in [0, 0.1) is 118 Å². The Morgan fingerprint density at radius 1 is 0.500 bits per heavy atom. The van der Waals surface area contributed by atoms with Crippen molar-refractivity contribution < 1.29 is 184 Å². The van der Waals surface area contributed by atoms with Crippen LogP contribution < -0.4 is 0 Å². The van der Waals surface area contributed by atoms with E-state index < -0.39 is 0 Å². The van der Waals surface area contributed by atoms with E-state index in [0.717, 1.165) is 0 Å². The molecule has 0 aliphatic carbocycles. The maximum Gasteiger partial charge on any atom is 3.00 e. The fraction of sp³-hybridized carbons (Fsp3) is 0. The van der Waals surface area contributed by atoms with Gasteiger partial charge < -0.3 is 32.9 Å². The van der Waals surface area contributed by atoms with Crippen LogP contribution in [0.5, 0.6) is 0 Å². The quantitative estimate of drug-likeness (QED) is 0.339. The standard InChI is InChI=1S/Ce.La.Nd.6O.Y/q3*+3;6*-2;+3. The van der Waals surface area contributed by atoms with Gasteiger partial charge in [0.25, 0.3) is 0 Å². The SMILES string of the molecule is [Ce+3].[La+3].[Nd+3].[O-2].[O-2].[O-2].[O-2].[O-2].[O-2].[Y+3]. The average Bonchev–Trinajstić information content (AvgIpc) is 0. The fourth-order valence-corrected chi connectivity index (χ4v) is 0. The van der Waals surface area contributed by atoms with E-state index in [1.54, 1.807) is 0 Å². The zero-order chi connectivity index (χ0) is 0. The molecule has 0 atom stereocenters. The maximum atomic E-state index is 0. The molecule has 0 unspecified atom stereocenters. The third-order valence-corrected chi connectivity index (χ3v) is 0. The Kier molecular flexibility index (Phi) is 1210. The first-order valence-electron chi connectivity index (χ1n) is 0. The van der Waals surface area contributed by atoms with E-state index >= 15 is 0 Å². The van der Waals surface area contributed by atoms with Gasteiger partial charge in [0.2, 0.25) is 0 Å². The fourth-order valence-electron chi connectivity index (χ4n) is 0. The van der Waals surface area contributed by atoms with Crippen LogP contribution in [0.4, 0.5) is 0 Å². The Labute approximate surface area is 179 Å². The molecular formula is CeLaNdO6Y. The molecule has 0 rings (SSSR count). The number of hydrogen-bond donors (Lipinski definition) is 0. The van der Waals surface area contributed by atoms with E-state index in [1.165, 1.54) is 0 Å². The summed E-state index contributed by atoms with van der Waals surface area (Å²) in [5.41, 5.74) is 0. The Balaban J connectivity index is 0. The second-order valence-electron chi connectivity index (χ2n) is 0. The summed E-state index contributed by atoms with van der Waals surface area (Å²) in [6.07, 6.45) is 0. The van der Waals surface area contributed by atoms with Crippen LogP contribution in [0.2, 0.25) is 0 Å². The molecule has 6 nitrogen and oxygen atoms in total. The third kappa shape index (κ3) is 77.5. The molecule has 0 aromatic carbocycles. The van der Waals surface area contributed by atoms with Gasteiger partial charge in [0.15, 0.2) is 0 Å². The van der Waals surface area contributed by atoms with Crippen molar-refractivity contribution in [1.82, 2.24) is 0 Å². The minimum Gasteiger partial charge on any atom is -2.00 e. The van der Waals surface area contributed by atoms with Gasteiger partial charge >= 0.3 is 151 Å². The molecule has 0 aliphatic rings. The van der Waals surface area contributed by atoms with Gasteiger partial charge in [-0.1, -0.05) is 0 Å². The predicted molar refractivity (Wildman–Crippen MR) is 4.12 cm³/mol. The van der Waals surface area contributed by atoms with Gasteiger partial charge in [-0.05, 0) is 0 Å². The Hall–Kier alpha value is 4.79. The number of hydrogen-bond acceptors (Lipinski definition) is 0. The summed E-state index contributed by atoms with van der Waals surface area (Å²) in [6.45, 7) is 0. The molecule has 0 bridgehead atoms. The van der Waals surface area contributed by atoms with Crippen molar-refractivity contribution in [3.8, 4) is 0 Å². The molecule has 10 heavy (non-hydrogen) atoms. The minimum atomic E-state index is 0. The zero-order valence-corrected chi connectivity index (χ0v) is 17.4. The maximum absolute atomic E-state index is 0. The van der Waals surface area contributed by atoms with Gasteiger partial charge in [-0.25, -0.2) is 0 Å². The minimum absolute atomic E-state index is 0. The van der Waals surface area contributed by atoms with Crippen LogP contribution >= 0.6 is 0 Å². The molecule has 0 saturated heterocycles. The van der Waals surface area contributed by atoms with Crippen molar-refractivity contribution in [1.29, 1.82) is 0 Å². The second kappa shape index (κ2) is 98.4. The summed E-state index contributed by atoms with van der Waals surface area (Å²) in [5.74, 6) is 0. The molecule has 0 aromatic rings. The Morgan fingerprint density at radius 2 is 0.500 bits per heavy atom. The van der Waals surface area contributed by atoms with Crippen molar-refractivity contribution in [3.05, 3.63) is 0 Å². The largest absolute Gasteiger partial charge is 3.00 e. The molecule has 2 radical (unpaired) electrons. The van der Waals surface area contributed by atoms with Crippen molar-refractivity contribution in [2.75, 3.05) is 0 Å². The van der Waals surface area contributed by atoms with Gasteiger partial charge in [-0.3, -0.25) is 0 Å². The van der Waals surface area contributed by atoms with E-state index in [-0.39, 0.29) is 184 Å². The molecule has 10 heteroatoms. The monoisotopic (exact) mass is 606 g/mol. The molecule has 0 amide bonds. The van der Waals surface area contributed by atoms with Crippen molar-refractivity contribution in [3.63, 3.8) is 0 Å². The summed E-state index contributed by atoms with van der Waals surface area (Å²) in [6, 6.07) is 0. The Bertz CT molecular complexity index is 17.7. The molecule has 0 saturated carbocycles. The van der Waals surface area contributed by atoms with Gasteiger partial charge in [-0.15, -0.1) is 0 Å². The van der Waals surface area contributed by atoms with Crippen LogP contribution in [-0.4, -0.2) is 0 Å². The van der Waals surface area contributed by atoms with E-state index in [1.807, 2.05) is 0 Å². The molecule has 0 spiro atoms. The molecule has 0 heterocycles.